The Morgan fingerprint density at radius 3 is 2.58 bits per heavy atom. The first-order valence-electron chi connectivity index (χ1n) is 7.17. The van der Waals surface area contributed by atoms with Crippen molar-refractivity contribution in [3.63, 3.8) is 0 Å². The van der Waals surface area contributed by atoms with E-state index in [1.165, 1.54) is 19.2 Å². The molecule has 0 bridgehead atoms. The van der Waals surface area contributed by atoms with Gasteiger partial charge in [-0.25, -0.2) is 18.7 Å². The van der Waals surface area contributed by atoms with Gasteiger partial charge in [-0.2, -0.15) is 5.10 Å². The SMILES string of the molecule is Cc1cc(Nc2ccnc(C(C)(O)c3ccc(F)c(F)c3)n2)n[nH]1. The highest BCUT2D eigenvalue weighted by Gasteiger charge is 2.30. The van der Waals surface area contributed by atoms with Gasteiger partial charge in [0, 0.05) is 18.0 Å². The molecule has 0 saturated heterocycles. The second-order valence-corrected chi connectivity index (χ2v) is 5.53. The number of aryl methyl sites for hydroxylation is 1. The van der Waals surface area contributed by atoms with Gasteiger partial charge in [0.1, 0.15) is 11.4 Å². The molecule has 3 N–H and O–H groups in total. The van der Waals surface area contributed by atoms with E-state index in [1.54, 1.807) is 12.1 Å². The van der Waals surface area contributed by atoms with Gasteiger partial charge in [-0.15, -0.1) is 0 Å². The minimum Gasteiger partial charge on any atom is -0.377 e. The fraction of sp³-hybridized carbons (Fsp3) is 0.188. The van der Waals surface area contributed by atoms with Crippen molar-refractivity contribution in [2.45, 2.75) is 19.4 Å². The molecule has 124 valence electrons. The van der Waals surface area contributed by atoms with Gasteiger partial charge >= 0.3 is 0 Å². The van der Waals surface area contributed by atoms with Gasteiger partial charge in [-0.1, -0.05) is 6.07 Å². The Bertz CT molecular complexity index is 878. The minimum absolute atomic E-state index is 0.0470. The molecule has 0 radical (unpaired) electrons. The Morgan fingerprint density at radius 1 is 1.12 bits per heavy atom. The van der Waals surface area contributed by atoms with Gasteiger partial charge in [-0.3, -0.25) is 5.10 Å². The molecule has 24 heavy (non-hydrogen) atoms. The zero-order chi connectivity index (χ0) is 17.3. The summed E-state index contributed by atoms with van der Waals surface area (Å²) in [6.45, 7) is 3.27. The van der Waals surface area contributed by atoms with Crippen molar-refractivity contribution in [3.05, 3.63) is 65.2 Å². The van der Waals surface area contributed by atoms with Crippen molar-refractivity contribution in [2.75, 3.05) is 5.32 Å². The van der Waals surface area contributed by atoms with Gasteiger partial charge in [0.25, 0.3) is 0 Å². The molecule has 2 aromatic heterocycles. The van der Waals surface area contributed by atoms with E-state index in [4.69, 9.17) is 0 Å². The van der Waals surface area contributed by atoms with Crippen molar-refractivity contribution in [3.8, 4) is 0 Å². The van der Waals surface area contributed by atoms with Gasteiger partial charge < -0.3 is 10.4 Å². The maximum atomic E-state index is 13.4. The van der Waals surface area contributed by atoms with E-state index in [2.05, 4.69) is 25.5 Å². The highest BCUT2D eigenvalue weighted by molar-refractivity contribution is 5.51. The quantitative estimate of drug-likeness (QED) is 0.684. The molecule has 0 spiro atoms. The molecule has 2 heterocycles. The summed E-state index contributed by atoms with van der Waals surface area (Å²) >= 11 is 0. The number of anilines is 2. The Kier molecular flexibility index (Phi) is 3.98. The van der Waals surface area contributed by atoms with Crippen LogP contribution in [0.3, 0.4) is 0 Å². The number of nitrogens with zero attached hydrogens (tertiary/aromatic N) is 3. The van der Waals surface area contributed by atoms with Crippen LogP contribution in [-0.2, 0) is 5.60 Å². The maximum absolute atomic E-state index is 13.4. The summed E-state index contributed by atoms with van der Waals surface area (Å²) < 4.78 is 26.5. The summed E-state index contributed by atoms with van der Waals surface area (Å²) in [5.74, 6) is -1.02. The molecule has 8 heteroatoms. The first kappa shape index (κ1) is 16.0. The number of aromatic nitrogens is 4. The van der Waals surface area contributed by atoms with E-state index in [1.807, 2.05) is 6.92 Å². The maximum Gasteiger partial charge on any atom is 0.166 e. The van der Waals surface area contributed by atoms with E-state index in [0.29, 0.717) is 11.6 Å². The molecule has 0 aliphatic rings. The lowest BCUT2D eigenvalue weighted by molar-refractivity contribution is 0.0918. The molecule has 0 saturated carbocycles. The number of aliphatic hydroxyl groups is 1. The van der Waals surface area contributed by atoms with Crippen LogP contribution in [0.1, 0.15) is 24.0 Å². The Labute approximate surface area is 136 Å². The van der Waals surface area contributed by atoms with E-state index in [0.717, 1.165) is 17.8 Å². The van der Waals surface area contributed by atoms with Crippen molar-refractivity contribution in [2.24, 2.45) is 0 Å². The number of aromatic amines is 1. The fourth-order valence-electron chi connectivity index (χ4n) is 2.20. The van der Waals surface area contributed by atoms with Crippen LogP contribution in [0.15, 0.2) is 36.5 Å². The topological polar surface area (TPSA) is 86.7 Å². The number of halogens is 2. The molecule has 1 unspecified atom stereocenters. The van der Waals surface area contributed by atoms with E-state index in [-0.39, 0.29) is 11.4 Å². The third kappa shape index (κ3) is 3.09. The monoisotopic (exact) mass is 331 g/mol. The molecule has 1 atom stereocenters. The largest absolute Gasteiger partial charge is 0.377 e. The molecule has 6 nitrogen and oxygen atoms in total. The molecule has 0 fully saturated rings. The second-order valence-electron chi connectivity index (χ2n) is 5.53. The normalized spacial score (nSPS) is 13.5. The minimum atomic E-state index is -1.69. The first-order valence-corrected chi connectivity index (χ1v) is 7.17. The van der Waals surface area contributed by atoms with Crippen LogP contribution < -0.4 is 5.32 Å². The summed E-state index contributed by atoms with van der Waals surface area (Å²) in [5, 5.41) is 20.5. The summed E-state index contributed by atoms with van der Waals surface area (Å²) in [5.41, 5.74) is -0.664. The van der Waals surface area contributed by atoms with Crippen LogP contribution in [0.5, 0.6) is 0 Å². The lowest BCUT2D eigenvalue weighted by Gasteiger charge is -2.22. The van der Waals surface area contributed by atoms with Crippen LogP contribution >= 0.6 is 0 Å². The van der Waals surface area contributed by atoms with E-state index < -0.39 is 17.2 Å². The van der Waals surface area contributed by atoms with Crippen molar-refractivity contribution in [1.29, 1.82) is 0 Å². The molecule has 0 aliphatic heterocycles. The zero-order valence-electron chi connectivity index (χ0n) is 13.0. The predicted octanol–water partition coefficient (Wildman–Crippen LogP) is 2.79. The smallest absolute Gasteiger partial charge is 0.166 e. The number of hydrogen-bond acceptors (Lipinski definition) is 5. The predicted molar refractivity (Wildman–Crippen MR) is 83.7 cm³/mol. The second kappa shape index (κ2) is 5.97. The van der Waals surface area contributed by atoms with Gasteiger partial charge in [0.15, 0.2) is 23.3 Å². The molecule has 1 aromatic carbocycles. The number of hydrogen-bond donors (Lipinski definition) is 3. The van der Waals surface area contributed by atoms with Crippen molar-refractivity contribution < 1.29 is 13.9 Å². The zero-order valence-corrected chi connectivity index (χ0v) is 13.0. The van der Waals surface area contributed by atoms with Crippen LogP contribution in [-0.4, -0.2) is 25.3 Å². The Balaban J connectivity index is 1.92. The number of H-pyrrole nitrogens is 1. The molecule has 3 aromatic rings. The Hall–Kier alpha value is -2.87. The number of nitrogens with one attached hydrogen (secondary N) is 2. The highest BCUT2D eigenvalue weighted by Crippen LogP contribution is 2.28. The lowest BCUT2D eigenvalue weighted by atomic mass is 9.95. The van der Waals surface area contributed by atoms with E-state index >= 15 is 0 Å². The Morgan fingerprint density at radius 2 is 1.92 bits per heavy atom. The van der Waals surface area contributed by atoms with Crippen LogP contribution in [0.2, 0.25) is 0 Å². The van der Waals surface area contributed by atoms with Crippen molar-refractivity contribution in [1.82, 2.24) is 20.2 Å². The average molecular weight is 331 g/mol. The van der Waals surface area contributed by atoms with Crippen LogP contribution in [0, 0.1) is 18.6 Å². The van der Waals surface area contributed by atoms with Gasteiger partial charge in [0.2, 0.25) is 0 Å². The molecular weight excluding hydrogens is 316 g/mol. The number of benzene rings is 1. The third-order valence-electron chi connectivity index (χ3n) is 3.53. The van der Waals surface area contributed by atoms with Crippen LogP contribution in [0.4, 0.5) is 20.4 Å². The molecule has 0 aliphatic carbocycles. The fourth-order valence-corrected chi connectivity index (χ4v) is 2.20. The summed E-state index contributed by atoms with van der Waals surface area (Å²) in [7, 11) is 0. The number of rotatable bonds is 4. The third-order valence-corrected chi connectivity index (χ3v) is 3.53. The highest BCUT2D eigenvalue weighted by atomic mass is 19.2. The summed E-state index contributed by atoms with van der Waals surface area (Å²) in [6.07, 6.45) is 1.46. The van der Waals surface area contributed by atoms with Gasteiger partial charge in [0.05, 0.1) is 0 Å². The first-order chi connectivity index (χ1) is 11.4. The van der Waals surface area contributed by atoms with Gasteiger partial charge in [-0.05, 0) is 37.6 Å². The molecular formula is C16H15F2N5O. The van der Waals surface area contributed by atoms with Crippen LogP contribution in [0.25, 0.3) is 0 Å². The average Bonchev–Trinajstić information content (AvgIpc) is 2.95. The van der Waals surface area contributed by atoms with Crippen molar-refractivity contribution >= 4 is 11.6 Å². The standard InChI is InChI=1S/C16H15F2N5O/c1-9-7-14(23-22-9)20-13-5-6-19-15(21-13)16(2,24)10-3-4-11(17)12(18)8-10/h3-8,24H,1-2H3,(H2,19,20,21,22,23). The van der Waals surface area contributed by atoms with E-state index in [9.17, 15) is 13.9 Å². The summed E-state index contributed by atoms with van der Waals surface area (Å²) in [6, 6.07) is 6.56. The summed E-state index contributed by atoms with van der Waals surface area (Å²) in [4.78, 5) is 8.28. The molecule has 0 amide bonds. The molecule has 3 rings (SSSR count). The lowest BCUT2D eigenvalue weighted by Crippen LogP contribution is -2.26.